The summed E-state index contributed by atoms with van der Waals surface area (Å²) >= 11 is 7.64. The number of anilines is 1. The largest absolute Gasteiger partial charge is 0.495 e. The van der Waals surface area contributed by atoms with Crippen LogP contribution in [0.15, 0.2) is 45.8 Å². The summed E-state index contributed by atoms with van der Waals surface area (Å²) in [6, 6.07) is 10.9. The summed E-state index contributed by atoms with van der Waals surface area (Å²) in [4.78, 5) is 13.0. The summed E-state index contributed by atoms with van der Waals surface area (Å²) < 4.78 is 6.04. The summed E-state index contributed by atoms with van der Waals surface area (Å²) in [5.74, 6) is 0.505. The molecule has 1 amide bonds. The first-order chi connectivity index (χ1) is 9.51. The lowest BCUT2D eigenvalue weighted by Crippen LogP contribution is -2.13. The lowest BCUT2D eigenvalue weighted by atomic mass is 10.1. The fraction of sp³-hybridized carbons (Fsp3) is 0.133. The Morgan fingerprint density at radius 2 is 2.00 bits per heavy atom. The van der Waals surface area contributed by atoms with Crippen LogP contribution in [0.3, 0.4) is 0 Å². The lowest BCUT2D eigenvalue weighted by Gasteiger charge is -2.10. The number of aryl methyl sites for hydroxylation is 1. The first kappa shape index (κ1) is 14.9. The average molecular weight is 352 g/mol. The maximum Gasteiger partial charge on any atom is 0.255 e. The molecule has 0 atom stereocenters. The van der Waals surface area contributed by atoms with E-state index in [0.717, 1.165) is 14.9 Å². The van der Waals surface area contributed by atoms with Crippen molar-refractivity contribution in [3.8, 4) is 5.75 Å². The van der Waals surface area contributed by atoms with E-state index in [1.807, 2.05) is 31.2 Å². The predicted molar refractivity (Wildman–Crippen MR) is 87.1 cm³/mol. The number of methoxy groups -OCH3 is 1. The van der Waals surface area contributed by atoms with E-state index in [4.69, 9.17) is 4.74 Å². The molecule has 104 valence electrons. The summed E-state index contributed by atoms with van der Waals surface area (Å²) in [7, 11) is 1.58. The van der Waals surface area contributed by atoms with Crippen LogP contribution in [0.5, 0.6) is 5.75 Å². The van der Waals surface area contributed by atoms with Crippen LogP contribution in [0, 0.1) is 6.92 Å². The quantitative estimate of drug-likeness (QED) is 0.808. The average Bonchev–Trinajstić information content (AvgIpc) is 2.43. The van der Waals surface area contributed by atoms with E-state index in [0.29, 0.717) is 17.0 Å². The second-order valence-electron chi connectivity index (χ2n) is 4.30. The van der Waals surface area contributed by atoms with Gasteiger partial charge < -0.3 is 10.1 Å². The van der Waals surface area contributed by atoms with Gasteiger partial charge in [0.15, 0.2) is 0 Å². The second kappa shape index (κ2) is 6.33. The number of rotatable bonds is 3. The Labute approximate surface area is 131 Å². The van der Waals surface area contributed by atoms with E-state index in [9.17, 15) is 4.79 Å². The third-order valence-electron chi connectivity index (χ3n) is 2.87. The van der Waals surface area contributed by atoms with Gasteiger partial charge >= 0.3 is 0 Å². The molecule has 3 nitrogen and oxygen atoms in total. The number of carbonyl (C=O) groups is 1. The van der Waals surface area contributed by atoms with Gasteiger partial charge in [-0.05, 0) is 52.7 Å². The van der Waals surface area contributed by atoms with Crippen molar-refractivity contribution in [1.29, 1.82) is 0 Å². The van der Waals surface area contributed by atoms with Crippen LogP contribution in [0.1, 0.15) is 15.9 Å². The maximum absolute atomic E-state index is 12.3. The van der Waals surface area contributed by atoms with Crippen molar-refractivity contribution < 1.29 is 9.53 Å². The molecule has 0 saturated heterocycles. The van der Waals surface area contributed by atoms with Gasteiger partial charge in [0.05, 0.1) is 11.6 Å². The van der Waals surface area contributed by atoms with Gasteiger partial charge in [-0.1, -0.05) is 6.07 Å². The first-order valence-electron chi connectivity index (χ1n) is 5.96. The molecule has 2 aromatic carbocycles. The number of hydrogen-bond acceptors (Lipinski definition) is 3. The predicted octanol–water partition coefficient (Wildman–Crippen LogP) is 4.31. The number of hydrogen-bond donors (Lipinski definition) is 2. The minimum Gasteiger partial charge on any atom is -0.495 e. The van der Waals surface area contributed by atoms with Gasteiger partial charge in [-0.2, -0.15) is 0 Å². The van der Waals surface area contributed by atoms with E-state index < -0.39 is 0 Å². The topological polar surface area (TPSA) is 38.3 Å². The Morgan fingerprint density at radius 3 is 2.70 bits per heavy atom. The third kappa shape index (κ3) is 3.35. The Balaban J connectivity index is 2.25. The zero-order valence-corrected chi connectivity index (χ0v) is 13.6. The van der Waals surface area contributed by atoms with Crippen molar-refractivity contribution in [3.05, 3.63) is 52.0 Å². The summed E-state index contributed by atoms with van der Waals surface area (Å²) in [5, 5.41) is 2.85. The number of ether oxygens (including phenoxy) is 1. The number of thiol groups is 1. The van der Waals surface area contributed by atoms with Gasteiger partial charge in [-0.25, -0.2) is 0 Å². The Morgan fingerprint density at radius 1 is 1.25 bits per heavy atom. The Kier molecular flexibility index (Phi) is 4.73. The minimum atomic E-state index is -0.164. The van der Waals surface area contributed by atoms with Gasteiger partial charge in [-0.15, -0.1) is 12.6 Å². The van der Waals surface area contributed by atoms with Crippen LogP contribution in [0.4, 0.5) is 5.69 Å². The van der Waals surface area contributed by atoms with Crippen LogP contribution in [-0.2, 0) is 0 Å². The van der Waals surface area contributed by atoms with Crippen LogP contribution < -0.4 is 10.1 Å². The monoisotopic (exact) mass is 351 g/mol. The summed E-state index contributed by atoms with van der Waals surface area (Å²) in [6.45, 7) is 1.89. The second-order valence-corrected chi connectivity index (χ2v) is 5.67. The van der Waals surface area contributed by atoms with E-state index in [-0.39, 0.29) is 5.91 Å². The summed E-state index contributed by atoms with van der Waals surface area (Å²) in [5.41, 5.74) is 2.20. The van der Waals surface area contributed by atoms with Crippen LogP contribution in [0.2, 0.25) is 0 Å². The molecule has 0 saturated carbocycles. The molecule has 0 radical (unpaired) electrons. The van der Waals surface area contributed by atoms with Crippen molar-refractivity contribution in [1.82, 2.24) is 0 Å². The highest BCUT2D eigenvalue weighted by atomic mass is 79.9. The molecule has 2 rings (SSSR count). The first-order valence-corrected chi connectivity index (χ1v) is 7.20. The zero-order chi connectivity index (χ0) is 14.7. The zero-order valence-electron chi connectivity index (χ0n) is 11.1. The van der Waals surface area contributed by atoms with Gasteiger partial charge in [0, 0.05) is 22.2 Å². The molecule has 0 unspecified atom stereocenters. The number of benzene rings is 2. The Bertz CT molecular complexity index is 658. The lowest BCUT2D eigenvalue weighted by molar-refractivity contribution is 0.102. The number of carbonyl (C=O) groups excluding carboxylic acids is 1. The molecular formula is C15H14BrNO2S. The highest BCUT2D eigenvalue weighted by Crippen LogP contribution is 2.28. The normalized spacial score (nSPS) is 10.2. The molecule has 5 heteroatoms. The van der Waals surface area contributed by atoms with Gasteiger partial charge in [-0.3, -0.25) is 4.79 Å². The molecule has 1 N–H and O–H groups in total. The van der Waals surface area contributed by atoms with Gasteiger partial charge in [0.25, 0.3) is 5.91 Å². The molecular weight excluding hydrogens is 338 g/mol. The summed E-state index contributed by atoms with van der Waals surface area (Å²) in [6.07, 6.45) is 0. The fourth-order valence-corrected chi connectivity index (χ4v) is 2.40. The van der Waals surface area contributed by atoms with Crippen molar-refractivity contribution in [2.24, 2.45) is 0 Å². The van der Waals surface area contributed by atoms with Crippen molar-refractivity contribution in [2.45, 2.75) is 11.8 Å². The van der Waals surface area contributed by atoms with Crippen LogP contribution >= 0.6 is 28.6 Å². The van der Waals surface area contributed by atoms with E-state index in [2.05, 4.69) is 33.9 Å². The third-order valence-corrected chi connectivity index (χ3v) is 3.81. The van der Waals surface area contributed by atoms with E-state index in [1.165, 1.54) is 0 Å². The van der Waals surface area contributed by atoms with Crippen molar-refractivity contribution in [2.75, 3.05) is 12.4 Å². The van der Waals surface area contributed by atoms with Crippen molar-refractivity contribution >= 4 is 40.2 Å². The minimum absolute atomic E-state index is 0.164. The molecule has 20 heavy (non-hydrogen) atoms. The van der Waals surface area contributed by atoms with E-state index >= 15 is 0 Å². The van der Waals surface area contributed by atoms with Crippen LogP contribution in [0.25, 0.3) is 0 Å². The number of nitrogens with one attached hydrogen (secondary N) is 1. The molecule has 0 aromatic heterocycles. The van der Waals surface area contributed by atoms with Gasteiger partial charge in [0.1, 0.15) is 5.75 Å². The van der Waals surface area contributed by atoms with Gasteiger partial charge in [0.2, 0.25) is 0 Å². The molecule has 0 aliphatic heterocycles. The Hall–Kier alpha value is -1.46. The smallest absolute Gasteiger partial charge is 0.255 e. The van der Waals surface area contributed by atoms with Crippen molar-refractivity contribution in [3.63, 3.8) is 0 Å². The molecule has 0 aliphatic rings. The molecule has 0 bridgehead atoms. The molecule has 0 heterocycles. The highest BCUT2D eigenvalue weighted by Gasteiger charge is 2.11. The standard InChI is InChI=1S/C15H14BrNO2S/c1-9-3-5-11(20)8-12(9)15(18)17-10-4-6-13(16)14(7-10)19-2/h3-8,20H,1-2H3,(H,17,18). The SMILES string of the molecule is COc1cc(NC(=O)c2cc(S)ccc2C)ccc1Br. The van der Waals surface area contributed by atoms with Crippen LogP contribution in [-0.4, -0.2) is 13.0 Å². The van der Waals surface area contributed by atoms with E-state index in [1.54, 1.807) is 19.2 Å². The molecule has 0 fully saturated rings. The molecule has 0 spiro atoms. The highest BCUT2D eigenvalue weighted by molar-refractivity contribution is 9.10. The number of amides is 1. The maximum atomic E-state index is 12.3. The molecule has 0 aliphatic carbocycles. The number of halogens is 1. The molecule has 2 aromatic rings. The fourth-order valence-electron chi connectivity index (χ4n) is 1.79.